The third-order valence-corrected chi connectivity index (χ3v) is 5.24. The molecule has 3 heterocycles. The van der Waals surface area contributed by atoms with E-state index in [4.69, 9.17) is 30.5 Å². The van der Waals surface area contributed by atoms with E-state index >= 15 is 0 Å². The molecule has 2 aromatic rings. The fraction of sp³-hybridized carbons (Fsp3) is 0.562. The molecular weight excluding hydrogens is 407 g/mol. The van der Waals surface area contributed by atoms with E-state index in [1.807, 2.05) is 0 Å². The first-order chi connectivity index (χ1) is 13.3. The van der Waals surface area contributed by atoms with Gasteiger partial charge in [-0.2, -0.15) is 0 Å². The van der Waals surface area contributed by atoms with Crippen LogP contribution in [0.4, 0.5) is 0 Å². The second kappa shape index (κ2) is 8.50. The molecule has 12 heteroatoms. The first-order valence-corrected chi connectivity index (χ1v) is 11.6. The minimum absolute atomic E-state index is 0.183. The third kappa shape index (κ3) is 4.11. The molecule has 1 fully saturated rings. The molecule has 1 aliphatic rings. The molecule has 3 rings (SSSR count). The van der Waals surface area contributed by atoms with Crippen LogP contribution in [-0.2, 0) is 37.1 Å². The smallest absolute Gasteiger partial charge is 0.281 e. The minimum Gasteiger partial charge on any atom is -0.801 e. The molecule has 0 amide bonds. The van der Waals surface area contributed by atoms with Crippen molar-refractivity contribution in [2.24, 2.45) is 0 Å². The van der Waals surface area contributed by atoms with Crippen molar-refractivity contribution < 1.29 is 23.6 Å². The Morgan fingerprint density at radius 1 is 1.39 bits per heavy atom. The lowest BCUT2D eigenvalue weighted by molar-refractivity contribution is -0.189. The molecule has 2 unspecified atom stereocenters. The van der Waals surface area contributed by atoms with Crippen molar-refractivity contribution >= 4 is 29.5 Å². The normalized spacial score (nSPS) is 27.1. The average molecular weight is 429 g/mol. The van der Waals surface area contributed by atoms with Crippen molar-refractivity contribution in [2.45, 2.75) is 31.1 Å². The van der Waals surface area contributed by atoms with E-state index in [9.17, 15) is 9.69 Å². The molecule has 2 aromatic heterocycles. The van der Waals surface area contributed by atoms with Gasteiger partial charge >= 0.3 is 0 Å². The summed E-state index contributed by atoms with van der Waals surface area (Å²) in [7, 11) is 3.01. The summed E-state index contributed by atoms with van der Waals surface area (Å²) in [5, 5.41) is 0. The van der Waals surface area contributed by atoms with Crippen LogP contribution in [0.2, 0.25) is 0 Å². The van der Waals surface area contributed by atoms with E-state index in [-0.39, 0.29) is 17.7 Å². The summed E-state index contributed by atoms with van der Waals surface area (Å²) >= 11 is 4.93. The summed E-state index contributed by atoms with van der Waals surface area (Å²) in [6, 6.07) is 0. The van der Waals surface area contributed by atoms with Crippen LogP contribution in [0, 0.1) is 0 Å². The van der Waals surface area contributed by atoms with Gasteiger partial charge in [-0.3, -0.25) is 13.9 Å². The Hall–Kier alpha value is -1.46. The van der Waals surface area contributed by atoms with Crippen molar-refractivity contribution in [1.82, 2.24) is 19.1 Å². The highest BCUT2D eigenvalue weighted by Gasteiger charge is 2.48. The van der Waals surface area contributed by atoms with E-state index in [1.54, 1.807) is 10.6 Å². The van der Waals surface area contributed by atoms with Crippen LogP contribution in [0.3, 0.4) is 0 Å². The van der Waals surface area contributed by atoms with Gasteiger partial charge in [0, 0.05) is 20.8 Å². The van der Waals surface area contributed by atoms with E-state index in [2.05, 4.69) is 16.5 Å². The van der Waals surface area contributed by atoms with Gasteiger partial charge in [0.1, 0.15) is 24.6 Å². The van der Waals surface area contributed by atoms with Crippen LogP contribution in [0.5, 0.6) is 0 Å². The Bertz CT molecular complexity index is 956. The van der Waals surface area contributed by atoms with E-state index in [1.165, 1.54) is 38.1 Å². The Morgan fingerprint density at radius 3 is 2.75 bits per heavy atom. The summed E-state index contributed by atoms with van der Waals surface area (Å²) < 4.78 is 25.4. The maximum atomic E-state index is 12.5. The van der Waals surface area contributed by atoms with Crippen molar-refractivity contribution in [1.29, 1.82) is 0 Å². The Labute approximate surface area is 166 Å². The molecule has 0 aromatic carbocycles. The summed E-state index contributed by atoms with van der Waals surface area (Å²) in [5.41, 5.74) is 0.243. The Morgan fingerprint density at radius 2 is 2.14 bits per heavy atom. The number of hydrogen-bond acceptors (Lipinski definition) is 9. The van der Waals surface area contributed by atoms with Gasteiger partial charge in [-0.15, -0.1) is 6.58 Å². The molecule has 154 valence electrons. The first kappa shape index (κ1) is 21.3. The van der Waals surface area contributed by atoms with E-state index in [0.29, 0.717) is 12.2 Å². The second-order valence-corrected chi connectivity index (χ2v) is 10.1. The highest BCUT2D eigenvalue weighted by molar-refractivity contribution is 8.08. The summed E-state index contributed by atoms with van der Waals surface area (Å²) in [4.78, 5) is 33.2. The number of fused-ring (bicyclic) bond motifs is 1. The number of nitrogens with zero attached hydrogens (tertiary/aromatic N) is 4. The van der Waals surface area contributed by atoms with Gasteiger partial charge in [-0.05, 0) is 13.2 Å². The monoisotopic (exact) mass is 429 g/mol. The van der Waals surface area contributed by atoms with Crippen LogP contribution in [-0.4, -0.2) is 64.9 Å². The molecule has 0 N–H and O–H groups in total. The number of rotatable bonds is 8. The van der Waals surface area contributed by atoms with Crippen molar-refractivity contribution in [3.63, 3.8) is 0 Å². The minimum atomic E-state index is -3.24. The van der Waals surface area contributed by atoms with Gasteiger partial charge in [0.15, 0.2) is 17.4 Å². The van der Waals surface area contributed by atoms with Crippen molar-refractivity contribution in [2.75, 3.05) is 27.5 Å². The van der Waals surface area contributed by atoms with E-state index in [0.717, 1.165) is 0 Å². The standard InChI is InChI=1S/C16H23N4O6PS/c1-5-6-19-8-18-14-11(15(19)21)17-9-20(14)16-13(24-3)12(26-27(4,22)28)10(25-16)7-23-2/h5,8-10,12-13,16H,1,6-7H2,2-4H3,(H,22,28)/p-1/t10-,12+,13?,16-,27?/m1/s1. The molecule has 0 aliphatic carbocycles. The number of ether oxygens (including phenoxy) is 3. The first-order valence-electron chi connectivity index (χ1n) is 8.47. The van der Waals surface area contributed by atoms with Crippen LogP contribution < -0.4 is 10.5 Å². The van der Waals surface area contributed by atoms with Crippen LogP contribution in [0.1, 0.15) is 6.23 Å². The maximum Gasteiger partial charge on any atom is 0.281 e. The van der Waals surface area contributed by atoms with E-state index < -0.39 is 31.0 Å². The Balaban J connectivity index is 2.02. The molecular formula is C16H22N4O6PS-. The molecule has 0 spiro atoms. The molecule has 0 bridgehead atoms. The number of allylic oxidation sites excluding steroid dienone is 1. The highest BCUT2D eigenvalue weighted by Crippen LogP contribution is 2.43. The van der Waals surface area contributed by atoms with Crippen molar-refractivity contribution in [3.8, 4) is 0 Å². The second-order valence-electron chi connectivity index (χ2n) is 6.38. The molecule has 5 atom stereocenters. The molecule has 1 saturated heterocycles. The van der Waals surface area contributed by atoms with Gasteiger partial charge < -0.3 is 23.6 Å². The molecule has 1 aliphatic heterocycles. The van der Waals surface area contributed by atoms with Gasteiger partial charge in [0.25, 0.3) is 5.56 Å². The fourth-order valence-corrected chi connectivity index (χ4v) is 4.23. The SMILES string of the molecule is C=CCn1cnc2c(ncn2[C@@H]2O[C@H](COC)[C@H](OP(C)([O-])=S)C2OC)c1=O. The van der Waals surface area contributed by atoms with Gasteiger partial charge in [0.2, 0.25) is 0 Å². The zero-order valence-electron chi connectivity index (χ0n) is 15.8. The van der Waals surface area contributed by atoms with Gasteiger partial charge in [0.05, 0.1) is 12.9 Å². The molecule has 10 nitrogen and oxygen atoms in total. The number of imidazole rings is 1. The maximum absolute atomic E-state index is 12.5. The number of methoxy groups -OCH3 is 2. The number of hydrogen-bond donors (Lipinski definition) is 0. The van der Waals surface area contributed by atoms with Crippen LogP contribution in [0.15, 0.2) is 30.1 Å². The highest BCUT2D eigenvalue weighted by atomic mass is 32.5. The third-order valence-electron chi connectivity index (χ3n) is 4.35. The van der Waals surface area contributed by atoms with Crippen LogP contribution >= 0.6 is 6.49 Å². The summed E-state index contributed by atoms with van der Waals surface area (Å²) in [6.07, 6.45) is 1.80. The zero-order chi connectivity index (χ0) is 20.5. The largest absolute Gasteiger partial charge is 0.801 e. The quantitative estimate of drug-likeness (QED) is 0.423. The predicted molar refractivity (Wildman–Crippen MR) is 104 cm³/mol. The lowest BCUT2D eigenvalue weighted by atomic mass is 10.1. The number of aromatic nitrogens is 4. The fourth-order valence-electron chi connectivity index (χ4n) is 3.23. The summed E-state index contributed by atoms with van der Waals surface area (Å²) in [5.74, 6) is 0. The lowest BCUT2D eigenvalue weighted by Crippen LogP contribution is -2.38. The topological polar surface area (TPSA) is 113 Å². The molecule has 0 radical (unpaired) electrons. The molecule has 28 heavy (non-hydrogen) atoms. The molecule has 0 saturated carbocycles. The summed E-state index contributed by atoms with van der Waals surface area (Å²) in [6.45, 7) is 2.25. The van der Waals surface area contributed by atoms with Gasteiger partial charge in [-0.25, -0.2) is 9.97 Å². The zero-order valence-corrected chi connectivity index (χ0v) is 17.5. The van der Waals surface area contributed by atoms with Crippen LogP contribution in [0.25, 0.3) is 11.2 Å². The Kier molecular flexibility index (Phi) is 6.45. The average Bonchev–Trinajstić information content (AvgIpc) is 3.18. The van der Waals surface area contributed by atoms with Crippen molar-refractivity contribution in [3.05, 3.63) is 35.7 Å². The van der Waals surface area contributed by atoms with Gasteiger partial charge in [-0.1, -0.05) is 17.9 Å². The predicted octanol–water partition coefficient (Wildman–Crippen LogP) is 0.0226. The lowest BCUT2D eigenvalue weighted by Gasteiger charge is -2.31.